The highest BCUT2D eigenvalue weighted by atomic mass is 32.2. The number of rotatable bonds is 7. The lowest BCUT2D eigenvalue weighted by molar-refractivity contribution is 0.0901. The predicted molar refractivity (Wildman–Crippen MR) is 132 cm³/mol. The van der Waals surface area contributed by atoms with Gasteiger partial charge in [-0.3, -0.25) is 14.0 Å². The molecule has 0 aliphatic heterocycles. The largest absolute Gasteiger partial charge is 0.497 e. The fourth-order valence-corrected chi connectivity index (χ4v) is 4.13. The summed E-state index contributed by atoms with van der Waals surface area (Å²) in [7, 11) is -1.99. The van der Waals surface area contributed by atoms with Crippen molar-refractivity contribution >= 4 is 27.6 Å². The molecule has 188 valence electrons. The Morgan fingerprint density at radius 3 is 2.20 bits per heavy atom. The Hall–Kier alpha value is -3.44. The molecule has 0 saturated heterocycles. The Morgan fingerprint density at radius 2 is 1.71 bits per heavy atom. The molecule has 1 amide bonds. The van der Waals surface area contributed by atoms with Crippen LogP contribution in [0.5, 0.6) is 5.75 Å². The van der Waals surface area contributed by atoms with Crippen LogP contribution >= 0.6 is 0 Å². The summed E-state index contributed by atoms with van der Waals surface area (Å²) in [5.41, 5.74) is -0.106. The number of carbonyl (C=O) groups excluding carboxylic acids is 1. The Morgan fingerprint density at radius 1 is 1.14 bits per heavy atom. The van der Waals surface area contributed by atoms with E-state index in [1.807, 2.05) is 27.7 Å². The average Bonchev–Trinajstić information content (AvgIpc) is 3.09. The number of nitrogens with zero attached hydrogens (tertiary/aromatic N) is 3. The zero-order valence-corrected chi connectivity index (χ0v) is 21.2. The Bertz CT molecular complexity index is 1310. The molecule has 3 rings (SSSR count). The average molecular weight is 505 g/mol. The van der Waals surface area contributed by atoms with Gasteiger partial charge >= 0.3 is 10.3 Å². The second-order valence-corrected chi connectivity index (χ2v) is 10.4. The van der Waals surface area contributed by atoms with Crippen LogP contribution in [0.2, 0.25) is 0 Å². The number of halogens is 1. The van der Waals surface area contributed by atoms with Crippen molar-refractivity contribution in [3.05, 3.63) is 60.0 Å². The van der Waals surface area contributed by atoms with Gasteiger partial charge in [-0.2, -0.15) is 13.5 Å². The third-order valence-corrected chi connectivity index (χ3v) is 6.60. The molecule has 2 aromatic carbocycles. The van der Waals surface area contributed by atoms with Crippen LogP contribution in [0.3, 0.4) is 0 Å². The van der Waals surface area contributed by atoms with Crippen LogP contribution < -0.4 is 14.4 Å². The Kier molecular flexibility index (Phi) is 7.23. The number of amides is 1. The molecule has 0 bridgehead atoms. The first-order valence-corrected chi connectivity index (χ1v) is 12.2. The molecule has 0 unspecified atom stereocenters. The number of hydrogen-bond donors (Lipinski definition) is 2. The van der Waals surface area contributed by atoms with Crippen LogP contribution in [-0.4, -0.2) is 41.8 Å². The molecule has 1 heterocycles. The molecule has 3 aromatic rings. The lowest BCUT2D eigenvalue weighted by Crippen LogP contribution is -2.42. The highest BCUT2D eigenvalue weighted by Gasteiger charge is 2.35. The van der Waals surface area contributed by atoms with Crippen LogP contribution in [0.1, 0.15) is 38.2 Å². The highest BCUT2D eigenvalue weighted by molar-refractivity contribution is 7.87. The number of aromatic nitrogens is 2. The van der Waals surface area contributed by atoms with Gasteiger partial charge in [-0.05, 0) is 60.9 Å². The van der Waals surface area contributed by atoms with Gasteiger partial charge in [0.05, 0.1) is 12.8 Å². The van der Waals surface area contributed by atoms with E-state index in [1.54, 1.807) is 0 Å². The zero-order chi connectivity index (χ0) is 26.1. The van der Waals surface area contributed by atoms with Crippen molar-refractivity contribution in [2.45, 2.75) is 33.7 Å². The van der Waals surface area contributed by atoms with E-state index in [-0.39, 0.29) is 34.2 Å². The SMILES string of the molecule is COc1ccc(N(c2c(-c3ccc(F)cc3)nn(C)c2C(=O)N[C@@H](C)C(C)(C)C)S(=O)(=O)O)cc1. The molecule has 1 atom stereocenters. The summed E-state index contributed by atoms with van der Waals surface area (Å²) in [6.45, 7) is 7.69. The van der Waals surface area contributed by atoms with Crippen LogP contribution in [0.15, 0.2) is 48.5 Å². The first kappa shape index (κ1) is 26.2. The topological polar surface area (TPSA) is 114 Å². The third kappa shape index (κ3) is 5.63. The molecule has 0 saturated carbocycles. The number of benzene rings is 2. The van der Waals surface area contributed by atoms with Gasteiger partial charge in [-0.15, -0.1) is 0 Å². The van der Waals surface area contributed by atoms with Gasteiger partial charge in [-0.25, -0.2) is 8.70 Å². The van der Waals surface area contributed by atoms with E-state index in [2.05, 4.69) is 10.4 Å². The Balaban J connectivity index is 2.30. The van der Waals surface area contributed by atoms with Gasteiger partial charge in [0, 0.05) is 18.7 Å². The molecule has 1 aromatic heterocycles. The van der Waals surface area contributed by atoms with E-state index in [4.69, 9.17) is 4.74 Å². The summed E-state index contributed by atoms with van der Waals surface area (Å²) in [6, 6.07) is 10.8. The van der Waals surface area contributed by atoms with Crippen LogP contribution in [0.25, 0.3) is 11.3 Å². The number of methoxy groups -OCH3 is 1. The maximum Gasteiger partial charge on any atom is 0.364 e. The van der Waals surface area contributed by atoms with E-state index in [0.29, 0.717) is 15.6 Å². The number of hydrogen-bond acceptors (Lipinski definition) is 5. The number of aryl methyl sites for hydroxylation is 1. The monoisotopic (exact) mass is 504 g/mol. The highest BCUT2D eigenvalue weighted by Crippen LogP contribution is 2.40. The van der Waals surface area contributed by atoms with Crippen molar-refractivity contribution in [3.63, 3.8) is 0 Å². The summed E-state index contributed by atoms with van der Waals surface area (Å²) in [6.07, 6.45) is 0. The molecular weight excluding hydrogens is 475 g/mol. The molecule has 35 heavy (non-hydrogen) atoms. The molecule has 9 nitrogen and oxygen atoms in total. The van der Waals surface area contributed by atoms with Gasteiger partial charge in [-0.1, -0.05) is 20.8 Å². The minimum Gasteiger partial charge on any atom is -0.497 e. The van der Waals surface area contributed by atoms with Gasteiger partial charge in [0.15, 0.2) is 5.69 Å². The number of nitrogens with one attached hydrogen (secondary N) is 1. The quantitative estimate of drug-likeness (QED) is 0.463. The molecule has 0 spiro atoms. The molecule has 0 fully saturated rings. The van der Waals surface area contributed by atoms with Crippen molar-refractivity contribution in [3.8, 4) is 17.0 Å². The fraction of sp³-hybridized carbons (Fsp3) is 0.333. The van der Waals surface area contributed by atoms with Crippen molar-refractivity contribution in [2.24, 2.45) is 12.5 Å². The van der Waals surface area contributed by atoms with Crippen LogP contribution in [0.4, 0.5) is 15.8 Å². The van der Waals surface area contributed by atoms with Crippen molar-refractivity contribution in [1.82, 2.24) is 15.1 Å². The standard InChI is InChI=1S/C24H29FN4O5S/c1-15(24(2,3)4)26-23(30)22-21(20(27-28(22)5)16-7-9-17(25)10-8-16)29(35(31,32)33)18-11-13-19(34-6)14-12-18/h7-15H,1-6H3,(H,26,30)(H,31,32,33)/t15-/m0/s1. The third-order valence-electron chi connectivity index (χ3n) is 5.74. The van der Waals surface area contributed by atoms with Gasteiger partial charge in [0.25, 0.3) is 5.91 Å². The molecular formula is C24H29FN4O5S. The first-order chi connectivity index (χ1) is 16.2. The second kappa shape index (κ2) is 9.67. The smallest absolute Gasteiger partial charge is 0.364 e. The number of ether oxygens (including phenoxy) is 1. The van der Waals surface area contributed by atoms with Gasteiger partial charge in [0.2, 0.25) is 0 Å². The predicted octanol–water partition coefficient (Wildman–Crippen LogP) is 4.34. The Labute approximate surface area is 204 Å². The summed E-state index contributed by atoms with van der Waals surface area (Å²) < 4.78 is 56.3. The van der Waals surface area contributed by atoms with Crippen molar-refractivity contribution in [2.75, 3.05) is 11.4 Å². The zero-order valence-electron chi connectivity index (χ0n) is 20.4. The summed E-state index contributed by atoms with van der Waals surface area (Å²) in [4.78, 5) is 13.5. The van der Waals surface area contributed by atoms with E-state index in [9.17, 15) is 22.2 Å². The van der Waals surface area contributed by atoms with Crippen LogP contribution in [-0.2, 0) is 17.4 Å². The molecule has 0 aliphatic rings. The van der Waals surface area contributed by atoms with Crippen molar-refractivity contribution < 1.29 is 26.9 Å². The maximum absolute atomic E-state index is 13.6. The summed E-state index contributed by atoms with van der Waals surface area (Å²) >= 11 is 0. The van der Waals surface area contributed by atoms with E-state index in [0.717, 1.165) is 0 Å². The molecule has 0 aliphatic carbocycles. The molecule has 2 N–H and O–H groups in total. The first-order valence-electron chi connectivity index (χ1n) is 10.8. The second-order valence-electron chi connectivity index (χ2n) is 9.18. The molecule has 0 radical (unpaired) electrons. The minimum atomic E-state index is -4.94. The number of carbonyl (C=O) groups is 1. The normalized spacial score (nSPS) is 12.8. The lowest BCUT2D eigenvalue weighted by Gasteiger charge is -2.28. The van der Waals surface area contributed by atoms with Gasteiger partial charge in [0.1, 0.15) is 22.9 Å². The maximum atomic E-state index is 13.6. The summed E-state index contributed by atoms with van der Waals surface area (Å²) in [5.74, 6) is -0.621. The summed E-state index contributed by atoms with van der Waals surface area (Å²) in [5, 5.41) is 7.27. The number of anilines is 2. The van der Waals surface area contributed by atoms with E-state index >= 15 is 0 Å². The fourth-order valence-electron chi connectivity index (χ4n) is 3.34. The van der Waals surface area contributed by atoms with Crippen molar-refractivity contribution in [1.29, 1.82) is 0 Å². The minimum absolute atomic E-state index is 0.0441. The van der Waals surface area contributed by atoms with E-state index in [1.165, 1.54) is 67.4 Å². The lowest BCUT2D eigenvalue weighted by atomic mass is 9.88. The van der Waals surface area contributed by atoms with Crippen LogP contribution in [0, 0.1) is 11.2 Å². The van der Waals surface area contributed by atoms with E-state index < -0.39 is 22.0 Å². The van der Waals surface area contributed by atoms with Gasteiger partial charge < -0.3 is 10.1 Å². The molecule has 11 heteroatoms.